The number of nitrogens with one attached hydrogen (secondary N) is 2. The zero-order chi connectivity index (χ0) is 8.60. The lowest BCUT2D eigenvalue weighted by molar-refractivity contribution is 0.567. The molecule has 0 aromatic carbocycles. The van der Waals surface area contributed by atoms with E-state index >= 15 is 0 Å². The van der Waals surface area contributed by atoms with Crippen molar-refractivity contribution in [1.82, 2.24) is 10.0 Å². The van der Waals surface area contributed by atoms with Crippen LogP contribution in [0.4, 0.5) is 0 Å². The molecular formula is C7H14N2O2S. The molecule has 2 fully saturated rings. The predicted molar refractivity (Wildman–Crippen MR) is 46.4 cm³/mol. The fourth-order valence-electron chi connectivity index (χ4n) is 1.42. The molecule has 0 unspecified atom stereocenters. The van der Waals surface area contributed by atoms with Crippen molar-refractivity contribution in [3.05, 3.63) is 0 Å². The van der Waals surface area contributed by atoms with Crippen LogP contribution >= 0.6 is 0 Å². The molecule has 1 aliphatic heterocycles. The normalized spacial score (nSPS) is 30.8. The van der Waals surface area contributed by atoms with Crippen LogP contribution in [-0.2, 0) is 10.0 Å². The summed E-state index contributed by atoms with van der Waals surface area (Å²) in [6.07, 6.45) is 2.78. The van der Waals surface area contributed by atoms with Gasteiger partial charge >= 0.3 is 0 Å². The standard InChI is InChI=1S/C7H14N2O2S/c10-12(11,9-6-1-2-6)7-3-4-8-5-7/h6-9H,1-5H2/t7-/m0/s1. The van der Waals surface area contributed by atoms with Crippen LogP contribution in [0.5, 0.6) is 0 Å². The molecule has 4 nitrogen and oxygen atoms in total. The number of sulfonamides is 1. The van der Waals surface area contributed by atoms with Crippen molar-refractivity contribution in [3.63, 3.8) is 0 Å². The van der Waals surface area contributed by atoms with Gasteiger partial charge in [0, 0.05) is 12.6 Å². The Hall–Kier alpha value is -0.130. The SMILES string of the molecule is O=S(=O)(NC1CC1)[C@H]1CCNC1. The molecule has 2 rings (SSSR count). The van der Waals surface area contributed by atoms with Gasteiger partial charge in [-0.05, 0) is 25.8 Å². The quantitative estimate of drug-likeness (QED) is 0.626. The second-order valence-electron chi connectivity index (χ2n) is 3.55. The highest BCUT2D eigenvalue weighted by Gasteiger charge is 2.33. The number of hydrogen-bond acceptors (Lipinski definition) is 3. The van der Waals surface area contributed by atoms with Crippen LogP contribution in [0.25, 0.3) is 0 Å². The van der Waals surface area contributed by atoms with Crippen LogP contribution in [0.2, 0.25) is 0 Å². The van der Waals surface area contributed by atoms with E-state index in [9.17, 15) is 8.42 Å². The van der Waals surface area contributed by atoms with Crippen LogP contribution < -0.4 is 10.0 Å². The molecular weight excluding hydrogens is 176 g/mol. The smallest absolute Gasteiger partial charge is 0.216 e. The van der Waals surface area contributed by atoms with Crippen molar-refractivity contribution < 1.29 is 8.42 Å². The second-order valence-corrected chi connectivity index (χ2v) is 5.54. The van der Waals surface area contributed by atoms with Crippen LogP contribution in [-0.4, -0.2) is 32.8 Å². The van der Waals surface area contributed by atoms with Gasteiger partial charge in [0.25, 0.3) is 0 Å². The molecule has 1 aliphatic carbocycles. The highest BCUT2D eigenvalue weighted by molar-refractivity contribution is 7.90. The molecule has 0 bridgehead atoms. The van der Waals surface area contributed by atoms with Crippen LogP contribution in [0, 0.1) is 0 Å². The van der Waals surface area contributed by atoms with Gasteiger partial charge in [0.15, 0.2) is 0 Å². The van der Waals surface area contributed by atoms with Crippen LogP contribution in [0.3, 0.4) is 0 Å². The fourth-order valence-corrected chi connectivity index (χ4v) is 3.08. The average molecular weight is 190 g/mol. The third-order valence-electron chi connectivity index (χ3n) is 2.36. The Bertz CT molecular complexity index is 253. The third kappa shape index (κ3) is 1.78. The lowest BCUT2D eigenvalue weighted by Gasteiger charge is -2.10. The highest BCUT2D eigenvalue weighted by Crippen LogP contribution is 2.21. The monoisotopic (exact) mass is 190 g/mol. The summed E-state index contributed by atoms with van der Waals surface area (Å²) >= 11 is 0. The van der Waals surface area contributed by atoms with Gasteiger partial charge in [0.2, 0.25) is 10.0 Å². The molecule has 2 aliphatic rings. The molecule has 1 heterocycles. The Balaban J connectivity index is 1.97. The van der Waals surface area contributed by atoms with Crippen molar-refractivity contribution in [2.24, 2.45) is 0 Å². The summed E-state index contributed by atoms with van der Waals surface area (Å²) in [6, 6.07) is 0.246. The minimum atomic E-state index is -3.01. The maximum absolute atomic E-state index is 11.5. The maximum Gasteiger partial charge on any atom is 0.216 e. The molecule has 0 aromatic rings. The van der Waals surface area contributed by atoms with Crippen molar-refractivity contribution in [2.75, 3.05) is 13.1 Å². The summed E-state index contributed by atoms with van der Waals surface area (Å²) in [5.74, 6) is 0. The topological polar surface area (TPSA) is 58.2 Å². The van der Waals surface area contributed by atoms with Gasteiger partial charge in [-0.2, -0.15) is 0 Å². The molecule has 1 saturated carbocycles. The molecule has 5 heteroatoms. The Morgan fingerprint density at radius 2 is 2.00 bits per heavy atom. The van der Waals surface area contributed by atoms with Crippen molar-refractivity contribution in [3.8, 4) is 0 Å². The van der Waals surface area contributed by atoms with E-state index in [2.05, 4.69) is 10.0 Å². The first kappa shape index (κ1) is 8.47. The molecule has 0 aromatic heterocycles. The van der Waals surface area contributed by atoms with Gasteiger partial charge < -0.3 is 5.32 Å². The third-order valence-corrected chi connectivity index (χ3v) is 4.30. The summed E-state index contributed by atoms with van der Waals surface area (Å²) in [5, 5.41) is 2.86. The van der Waals surface area contributed by atoms with E-state index in [1.807, 2.05) is 0 Å². The van der Waals surface area contributed by atoms with Gasteiger partial charge in [-0.25, -0.2) is 13.1 Å². The van der Waals surface area contributed by atoms with Crippen molar-refractivity contribution in [2.45, 2.75) is 30.6 Å². The van der Waals surface area contributed by atoms with Gasteiger partial charge in [-0.15, -0.1) is 0 Å². The summed E-state index contributed by atoms with van der Waals surface area (Å²) in [7, 11) is -3.01. The molecule has 12 heavy (non-hydrogen) atoms. The molecule has 1 atom stereocenters. The Morgan fingerprint density at radius 3 is 2.50 bits per heavy atom. The Morgan fingerprint density at radius 1 is 1.25 bits per heavy atom. The first-order valence-electron chi connectivity index (χ1n) is 4.40. The zero-order valence-electron chi connectivity index (χ0n) is 6.91. The van der Waals surface area contributed by atoms with Gasteiger partial charge in [-0.1, -0.05) is 0 Å². The largest absolute Gasteiger partial charge is 0.315 e. The minimum absolute atomic E-state index is 0.196. The van der Waals surface area contributed by atoms with Crippen molar-refractivity contribution in [1.29, 1.82) is 0 Å². The van der Waals surface area contributed by atoms with Gasteiger partial charge in [-0.3, -0.25) is 0 Å². The molecule has 2 N–H and O–H groups in total. The lowest BCUT2D eigenvalue weighted by atomic mass is 10.4. The molecule has 70 valence electrons. The van der Waals surface area contributed by atoms with Crippen molar-refractivity contribution >= 4 is 10.0 Å². The first-order valence-corrected chi connectivity index (χ1v) is 5.95. The summed E-state index contributed by atoms with van der Waals surface area (Å²) < 4.78 is 25.8. The van der Waals surface area contributed by atoms with E-state index in [0.29, 0.717) is 6.54 Å². The van der Waals surface area contributed by atoms with E-state index in [1.165, 1.54) is 0 Å². The Kier molecular flexibility index (Phi) is 2.10. The summed E-state index contributed by atoms with van der Waals surface area (Å²) in [4.78, 5) is 0. The Labute approximate surface area is 72.8 Å². The molecule has 1 saturated heterocycles. The number of hydrogen-bond donors (Lipinski definition) is 2. The van der Waals surface area contributed by atoms with E-state index in [1.54, 1.807) is 0 Å². The summed E-state index contributed by atoms with van der Waals surface area (Å²) in [6.45, 7) is 1.44. The second kappa shape index (κ2) is 2.97. The van der Waals surface area contributed by atoms with Gasteiger partial charge in [0.05, 0.1) is 5.25 Å². The molecule has 0 spiro atoms. The lowest BCUT2D eigenvalue weighted by Crippen LogP contribution is -2.36. The average Bonchev–Trinajstić information content (AvgIpc) is 2.67. The van der Waals surface area contributed by atoms with E-state index in [4.69, 9.17) is 0 Å². The number of rotatable bonds is 3. The maximum atomic E-state index is 11.5. The van der Waals surface area contributed by atoms with E-state index < -0.39 is 10.0 Å². The zero-order valence-corrected chi connectivity index (χ0v) is 7.73. The highest BCUT2D eigenvalue weighted by atomic mass is 32.2. The van der Waals surface area contributed by atoms with Crippen LogP contribution in [0.1, 0.15) is 19.3 Å². The van der Waals surface area contributed by atoms with Crippen LogP contribution in [0.15, 0.2) is 0 Å². The predicted octanol–water partition coefficient (Wildman–Crippen LogP) is -0.570. The van der Waals surface area contributed by atoms with E-state index in [0.717, 1.165) is 25.8 Å². The van der Waals surface area contributed by atoms with Gasteiger partial charge in [0.1, 0.15) is 0 Å². The first-order chi connectivity index (χ1) is 5.68. The fraction of sp³-hybridized carbons (Fsp3) is 1.00. The van der Waals surface area contributed by atoms with E-state index in [-0.39, 0.29) is 11.3 Å². The summed E-state index contributed by atoms with van der Waals surface area (Å²) in [5.41, 5.74) is 0. The molecule has 0 amide bonds. The minimum Gasteiger partial charge on any atom is -0.315 e. The molecule has 0 radical (unpaired) electrons.